The van der Waals surface area contributed by atoms with Crippen molar-refractivity contribution < 1.29 is 12.8 Å². The average molecular weight is 307 g/mol. The number of halogens is 1. The molecule has 0 saturated carbocycles. The number of sulfonamides is 1. The lowest BCUT2D eigenvalue weighted by atomic mass is 10.2. The molecule has 0 radical (unpaired) electrons. The highest BCUT2D eigenvalue weighted by Crippen LogP contribution is 2.08. The van der Waals surface area contributed by atoms with Crippen LogP contribution in [-0.4, -0.2) is 20.7 Å². The van der Waals surface area contributed by atoms with Crippen LogP contribution in [0.5, 0.6) is 0 Å². The van der Waals surface area contributed by atoms with Crippen molar-refractivity contribution in [1.82, 2.24) is 4.72 Å². The standard InChI is InChI=1S/C16H18FNO2S/c17-16-9-5-4-8-15(16)11-13-21(19,20)18-12-10-14-6-2-1-3-7-14/h1-9,18H,10-13H2. The minimum absolute atomic E-state index is 0.108. The fourth-order valence-electron chi connectivity index (χ4n) is 2.01. The molecule has 0 unspecified atom stereocenters. The Morgan fingerprint density at radius 1 is 0.905 bits per heavy atom. The number of hydrogen-bond acceptors (Lipinski definition) is 2. The molecule has 3 nitrogen and oxygen atoms in total. The molecule has 0 spiro atoms. The third-order valence-electron chi connectivity index (χ3n) is 3.18. The molecule has 21 heavy (non-hydrogen) atoms. The molecule has 0 atom stereocenters. The van der Waals surface area contributed by atoms with Crippen molar-refractivity contribution in [3.8, 4) is 0 Å². The fraction of sp³-hybridized carbons (Fsp3) is 0.250. The van der Waals surface area contributed by atoms with E-state index in [0.717, 1.165) is 5.56 Å². The molecule has 0 aliphatic rings. The van der Waals surface area contributed by atoms with Gasteiger partial charge in [0.05, 0.1) is 5.75 Å². The molecule has 0 heterocycles. The first-order chi connectivity index (χ1) is 10.1. The average Bonchev–Trinajstić information content (AvgIpc) is 2.47. The predicted molar refractivity (Wildman–Crippen MR) is 82.0 cm³/mol. The van der Waals surface area contributed by atoms with Crippen LogP contribution in [0, 0.1) is 5.82 Å². The van der Waals surface area contributed by atoms with E-state index in [2.05, 4.69) is 4.72 Å². The van der Waals surface area contributed by atoms with Crippen LogP contribution in [0.2, 0.25) is 0 Å². The van der Waals surface area contributed by atoms with E-state index in [9.17, 15) is 12.8 Å². The lowest BCUT2D eigenvalue weighted by molar-refractivity contribution is 0.578. The smallest absolute Gasteiger partial charge is 0.211 e. The summed E-state index contributed by atoms with van der Waals surface area (Å²) in [6.45, 7) is 0.351. The molecule has 0 aliphatic carbocycles. The van der Waals surface area contributed by atoms with Gasteiger partial charge in [-0.2, -0.15) is 0 Å². The van der Waals surface area contributed by atoms with E-state index in [1.54, 1.807) is 18.2 Å². The largest absolute Gasteiger partial charge is 0.215 e. The second-order valence-electron chi connectivity index (χ2n) is 4.79. The second kappa shape index (κ2) is 7.33. The van der Waals surface area contributed by atoms with Gasteiger partial charge in [-0.25, -0.2) is 17.5 Å². The maximum Gasteiger partial charge on any atom is 0.211 e. The number of hydrogen-bond donors (Lipinski definition) is 1. The maximum atomic E-state index is 13.4. The zero-order chi connectivity index (χ0) is 15.1. The summed E-state index contributed by atoms with van der Waals surface area (Å²) in [5, 5.41) is 0. The Morgan fingerprint density at radius 3 is 2.29 bits per heavy atom. The maximum absolute atomic E-state index is 13.4. The molecule has 1 N–H and O–H groups in total. The lowest BCUT2D eigenvalue weighted by Crippen LogP contribution is -2.29. The highest BCUT2D eigenvalue weighted by molar-refractivity contribution is 7.89. The van der Waals surface area contributed by atoms with E-state index in [4.69, 9.17) is 0 Å². The van der Waals surface area contributed by atoms with Gasteiger partial charge in [-0.05, 0) is 30.0 Å². The first-order valence-electron chi connectivity index (χ1n) is 6.81. The van der Waals surface area contributed by atoms with Gasteiger partial charge in [0.1, 0.15) is 5.82 Å². The molecule has 0 aliphatic heterocycles. The first-order valence-corrected chi connectivity index (χ1v) is 8.47. The second-order valence-corrected chi connectivity index (χ2v) is 6.72. The van der Waals surface area contributed by atoms with Crippen LogP contribution in [0.15, 0.2) is 54.6 Å². The number of rotatable bonds is 7. The summed E-state index contributed by atoms with van der Waals surface area (Å²) >= 11 is 0. The Hall–Kier alpha value is -1.72. The Balaban J connectivity index is 1.81. The van der Waals surface area contributed by atoms with Crippen LogP contribution in [0.25, 0.3) is 0 Å². The van der Waals surface area contributed by atoms with E-state index in [-0.39, 0.29) is 18.0 Å². The summed E-state index contributed by atoms with van der Waals surface area (Å²) < 4.78 is 39.7. The third-order valence-corrected chi connectivity index (χ3v) is 4.56. The first kappa shape index (κ1) is 15.7. The number of benzene rings is 2. The van der Waals surface area contributed by atoms with Gasteiger partial charge in [-0.1, -0.05) is 48.5 Å². The Labute approximate surface area is 124 Å². The zero-order valence-corrected chi connectivity index (χ0v) is 12.4. The predicted octanol–water partition coefficient (Wildman–Crippen LogP) is 2.53. The topological polar surface area (TPSA) is 46.2 Å². The normalized spacial score (nSPS) is 11.5. The molecule has 5 heteroatoms. The molecule has 0 aromatic heterocycles. The van der Waals surface area contributed by atoms with Crippen molar-refractivity contribution in [2.45, 2.75) is 12.8 Å². The molecular formula is C16H18FNO2S. The van der Waals surface area contributed by atoms with Crippen LogP contribution in [-0.2, 0) is 22.9 Å². The molecule has 0 saturated heterocycles. The van der Waals surface area contributed by atoms with Gasteiger partial charge in [-0.3, -0.25) is 0 Å². The SMILES string of the molecule is O=S(=O)(CCc1ccccc1F)NCCc1ccccc1. The minimum atomic E-state index is -3.38. The molecule has 0 fully saturated rings. The van der Waals surface area contributed by atoms with Gasteiger partial charge in [0, 0.05) is 6.54 Å². The van der Waals surface area contributed by atoms with Crippen molar-refractivity contribution in [2.75, 3.05) is 12.3 Å². The summed E-state index contributed by atoms with van der Waals surface area (Å²) in [7, 11) is -3.38. The van der Waals surface area contributed by atoms with Crippen LogP contribution < -0.4 is 4.72 Å². The van der Waals surface area contributed by atoms with Crippen LogP contribution in [0.4, 0.5) is 4.39 Å². The van der Waals surface area contributed by atoms with E-state index < -0.39 is 10.0 Å². The van der Waals surface area contributed by atoms with E-state index in [0.29, 0.717) is 18.5 Å². The third kappa shape index (κ3) is 5.28. The van der Waals surface area contributed by atoms with Crippen LogP contribution in [0.1, 0.15) is 11.1 Å². The molecule has 0 bridgehead atoms. The number of aryl methyl sites for hydroxylation is 1. The van der Waals surface area contributed by atoms with Crippen LogP contribution >= 0.6 is 0 Å². The molecule has 112 valence electrons. The molecule has 2 aromatic rings. The summed E-state index contributed by atoms with van der Waals surface area (Å²) in [4.78, 5) is 0. The molecule has 2 rings (SSSR count). The minimum Gasteiger partial charge on any atom is -0.215 e. The van der Waals surface area contributed by atoms with Gasteiger partial charge in [0.25, 0.3) is 0 Å². The fourth-order valence-corrected chi connectivity index (χ4v) is 3.06. The highest BCUT2D eigenvalue weighted by Gasteiger charge is 2.11. The van der Waals surface area contributed by atoms with E-state index in [1.807, 2.05) is 30.3 Å². The van der Waals surface area contributed by atoms with E-state index >= 15 is 0 Å². The number of nitrogens with one attached hydrogen (secondary N) is 1. The Morgan fingerprint density at radius 2 is 1.57 bits per heavy atom. The van der Waals surface area contributed by atoms with Gasteiger partial charge >= 0.3 is 0 Å². The summed E-state index contributed by atoms with van der Waals surface area (Å²) in [5.74, 6) is -0.472. The summed E-state index contributed by atoms with van der Waals surface area (Å²) in [6.07, 6.45) is 0.813. The van der Waals surface area contributed by atoms with Gasteiger partial charge in [0.2, 0.25) is 10.0 Å². The van der Waals surface area contributed by atoms with Crippen LogP contribution in [0.3, 0.4) is 0 Å². The van der Waals surface area contributed by atoms with Crippen molar-refractivity contribution in [3.63, 3.8) is 0 Å². The Bertz CT molecular complexity index is 672. The quantitative estimate of drug-likeness (QED) is 0.854. The van der Waals surface area contributed by atoms with Crippen molar-refractivity contribution in [1.29, 1.82) is 0 Å². The molecule has 0 amide bonds. The van der Waals surface area contributed by atoms with E-state index in [1.165, 1.54) is 6.07 Å². The van der Waals surface area contributed by atoms with Crippen molar-refractivity contribution in [2.24, 2.45) is 0 Å². The van der Waals surface area contributed by atoms with Gasteiger partial charge in [-0.15, -0.1) is 0 Å². The Kier molecular flexibility index (Phi) is 5.47. The highest BCUT2D eigenvalue weighted by atomic mass is 32.2. The zero-order valence-electron chi connectivity index (χ0n) is 11.6. The van der Waals surface area contributed by atoms with Crippen molar-refractivity contribution in [3.05, 3.63) is 71.5 Å². The van der Waals surface area contributed by atoms with Crippen molar-refractivity contribution >= 4 is 10.0 Å². The summed E-state index contributed by atoms with van der Waals surface area (Å²) in [6, 6.07) is 15.9. The molecule has 2 aromatic carbocycles. The van der Waals surface area contributed by atoms with Gasteiger partial charge < -0.3 is 0 Å². The molecular weight excluding hydrogens is 289 g/mol. The van der Waals surface area contributed by atoms with Gasteiger partial charge in [0.15, 0.2) is 0 Å². The summed E-state index contributed by atoms with van der Waals surface area (Å²) in [5.41, 5.74) is 1.50. The monoisotopic (exact) mass is 307 g/mol. The lowest BCUT2D eigenvalue weighted by Gasteiger charge is -2.07.